The number of ether oxygens (including phenoxy) is 5. The maximum absolute atomic E-state index is 13.1. The van der Waals surface area contributed by atoms with Gasteiger partial charge in [-0.05, 0) is 106 Å². The molecule has 0 radical (unpaired) electrons. The Kier molecular flexibility index (Phi) is 24.9. The van der Waals surface area contributed by atoms with Gasteiger partial charge in [0.05, 0.1) is 25.6 Å². The topological polar surface area (TPSA) is 118 Å². The van der Waals surface area contributed by atoms with Crippen molar-refractivity contribution in [1.82, 2.24) is 4.90 Å². The van der Waals surface area contributed by atoms with Crippen molar-refractivity contribution in [1.29, 1.82) is 0 Å². The van der Waals surface area contributed by atoms with Crippen LogP contribution >= 0.6 is 0 Å². The molecule has 0 aliphatic heterocycles. The van der Waals surface area contributed by atoms with Crippen LogP contribution in [0.2, 0.25) is 0 Å². The molecule has 2 aliphatic rings. The first-order valence-electron chi connectivity index (χ1n) is 22.0. The van der Waals surface area contributed by atoms with Gasteiger partial charge < -0.3 is 28.6 Å². The van der Waals surface area contributed by atoms with Crippen LogP contribution in [0.25, 0.3) is 0 Å². The Labute approximate surface area is 328 Å². The smallest absolute Gasteiger partial charge is 0.465 e. The number of carbonyl (C=O) groups excluding carboxylic acids is 4. The molecule has 0 saturated heterocycles. The summed E-state index contributed by atoms with van der Waals surface area (Å²) in [5, 5.41) is 0. The molecule has 4 atom stereocenters. The first-order chi connectivity index (χ1) is 26.0. The zero-order valence-corrected chi connectivity index (χ0v) is 35.3. The van der Waals surface area contributed by atoms with Gasteiger partial charge in [0.15, 0.2) is 0 Å². The summed E-state index contributed by atoms with van der Waals surface area (Å²) in [5.74, 6) is 1.25. The van der Waals surface area contributed by atoms with Crippen LogP contribution in [0.15, 0.2) is 0 Å². The Morgan fingerprint density at radius 2 is 1.15 bits per heavy atom. The second-order valence-corrected chi connectivity index (χ2v) is 17.1. The van der Waals surface area contributed by atoms with Gasteiger partial charge in [0.2, 0.25) is 0 Å². The lowest BCUT2D eigenvalue weighted by molar-refractivity contribution is -0.152. The van der Waals surface area contributed by atoms with Gasteiger partial charge in [0.25, 0.3) is 0 Å². The highest BCUT2D eigenvalue weighted by atomic mass is 16.7. The van der Waals surface area contributed by atoms with Crippen molar-refractivity contribution in [2.75, 3.05) is 52.7 Å². The fraction of sp³-hybridized carbons (Fsp3) is 0.909. The third-order valence-electron chi connectivity index (χ3n) is 11.6. The maximum atomic E-state index is 13.1. The Hall–Kier alpha value is -2.36. The van der Waals surface area contributed by atoms with E-state index in [4.69, 9.17) is 23.7 Å². The number of nitrogens with zero attached hydrogens (tertiary/aromatic N) is 1. The molecular weight excluding hydrogens is 686 g/mol. The molecule has 0 N–H and O–H groups in total. The van der Waals surface area contributed by atoms with Gasteiger partial charge in [-0.1, -0.05) is 86.5 Å². The quantitative estimate of drug-likeness (QED) is 0.0397. The normalized spacial score (nSPS) is 21.9. The van der Waals surface area contributed by atoms with Gasteiger partial charge in [-0.25, -0.2) is 4.79 Å². The Morgan fingerprint density at radius 3 is 1.74 bits per heavy atom. The summed E-state index contributed by atoms with van der Waals surface area (Å²) >= 11 is 0. The Morgan fingerprint density at radius 1 is 0.611 bits per heavy atom. The van der Waals surface area contributed by atoms with E-state index in [1.54, 1.807) is 0 Å². The van der Waals surface area contributed by atoms with Gasteiger partial charge >= 0.3 is 24.1 Å². The first-order valence-corrected chi connectivity index (χ1v) is 22.0. The van der Waals surface area contributed by atoms with Crippen LogP contribution in [-0.4, -0.2) is 81.6 Å². The Bertz CT molecular complexity index is 1030. The molecule has 2 bridgehead atoms. The summed E-state index contributed by atoms with van der Waals surface area (Å²) in [6.45, 7) is 16.5. The van der Waals surface area contributed by atoms with Crippen molar-refractivity contribution >= 4 is 24.1 Å². The van der Waals surface area contributed by atoms with Crippen LogP contribution in [0.5, 0.6) is 0 Å². The van der Waals surface area contributed by atoms with Gasteiger partial charge in [-0.3, -0.25) is 14.4 Å². The molecule has 10 nitrogen and oxygen atoms in total. The third kappa shape index (κ3) is 21.7. The summed E-state index contributed by atoms with van der Waals surface area (Å²) in [5.41, 5.74) is -0.0696. The van der Waals surface area contributed by atoms with Crippen LogP contribution in [-0.2, 0) is 38.1 Å². The summed E-state index contributed by atoms with van der Waals surface area (Å²) in [6, 6.07) is 0. The predicted octanol–water partition coefficient (Wildman–Crippen LogP) is 10.1. The lowest BCUT2D eigenvalue weighted by Crippen LogP contribution is -2.38. The molecule has 2 aliphatic carbocycles. The van der Waals surface area contributed by atoms with E-state index in [0.717, 1.165) is 64.1 Å². The van der Waals surface area contributed by atoms with Crippen molar-refractivity contribution in [3.63, 3.8) is 0 Å². The van der Waals surface area contributed by atoms with Gasteiger partial charge in [0, 0.05) is 19.4 Å². The van der Waals surface area contributed by atoms with Crippen LogP contribution in [0.3, 0.4) is 0 Å². The minimum absolute atomic E-state index is 0.0124. The van der Waals surface area contributed by atoms with E-state index in [0.29, 0.717) is 62.9 Å². The molecule has 2 saturated carbocycles. The zero-order valence-electron chi connectivity index (χ0n) is 35.3. The van der Waals surface area contributed by atoms with Crippen molar-refractivity contribution in [2.24, 2.45) is 35.0 Å². The minimum Gasteiger partial charge on any atom is -0.465 e. The van der Waals surface area contributed by atoms with Gasteiger partial charge in [-0.2, -0.15) is 0 Å². The molecule has 314 valence electrons. The van der Waals surface area contributed by atoms with Gasteiger partial charge in [-0.15, -0.1) is 0 Å². The van der Waals surface area contributed by atoms with Crippen LogP contribution < -0.4 is 0 Å². The molecule has 0 amide bonds. The highest BCUT2D eigenvalue weighted by Crippen LogP contribution is 2.51. The van der Waals surface area contributed by atoms with Crippen molar-refractivity contribution < 1.29 is 42.9 Å². The average molecular weight is 766 g/mol. The second-order valence-electron chi connectivity index (χ2n) is 17.1. The van der Waals surface area contributed by atoms with Crippen molar-refractivity contribution in [2.45, 2.75) is 170 Å². The third-order valence-corrected chi connectivity index (χ3v) is 11.6. The molecule has 2 rings (SSSR count). The first kappa shape index (κ1) is 47.8. The summed E-state index contributed by atoms with van der Waals surface area (Å²) in [7, 11) is 0. The zero-order chi connectivity index (χ0) is 39.6. The van der Waals surface area contributed by atoms with E-state index >= 15 is 0 Å². The number of rotatable bonds is 30. The number of esters is 3. The van der Waals surface area contributed by atoms with E-state index in [9.17, 15) is 19.2 Å². The van der Waals surface area contributed by atoms with E-state index < -0.39 is 12.1 Å². The molecule has 54 heavy (non-hydrogen) atoms. The largest absolute Gasteiger partial charge is 0.508 e. The summed E-state index contributed by atoms with van der Waals surface area (Å²) in [4.78, 5) is 52.8. The van der Waals surface area contributed by atoms with Crippen LogP contribution in [0.4, 0.5) is 4.79 Å². The SMILES string of the molecule is CCCCCCC(CCCC)COC(=O)CCCCCC(=O)OCC(COC(=O)CC1(C)CC2CC(C)CC(C2)C1)COC(=O)OCCCN(CC)CC. The molecule has 0 spiro atoms. The summed E-state index contributed by atoms with van der Waals surface area (Å²) < 4.78 is 27.6. The Balaban J connectivity index is 1.75. The standard InChI is InChI=1S/C44H79NO9/c1-7-11-13-15-20-36(19-12-8-2)31-51-40(46)21-16-14-17-22-41(47)52-32-39(34-54-43(49)50-24-18-23-45(9-3)10-4)33-53-42(48)30-44(6)28-37-25-35(5)26-38(27-37)29-44/h35-39H,7-34H2,1-6H3. The number of fused-ring (bicyclic) bond motifs is 2. The highest BCUT2D eigenvalue weighted by Gasteiger charge is 2.42. The van der Waals surface area contributed by atoms with E-state index in [1.165, 1.54) is 44.9 Å². The van der Waals surface area contributed by atoms with Gasteiger partial charge in [0.1, 0.15) is 19.8 Å². The summed E-state index contributed by atoms with van der Waals surface area (Å²) in [6.07, 6.45) is 18.1. The predicted molar refractivity (Wildman–Crippen MR) is 213 cm³/mol. The van der Waals surface area contributed by atoms with Crippen molar-refractivity contribution in [3.05, 3.63) is 0 Å². The molecule has 0 aromatic heterocycles. The molecule has 0 heterocycles. The molecule has 4 unspecified atom stereocenters. The molecule has 0 aromatic rings. The maximum Gasteiger partial charge on any atom is 0.508 e. The number of carbonyl (C=O) groups is 4. The second kappa shape index (κ2) is 28.1. The highest BCUT2D eigenvalue weighted by molar-refractivity contribution is 5.70. The monoisotopic (exact) mass is 766 g/mol. The number of hydrogen-bond acceptors (Lipinski definition) is 10. The van der Waals surface area contributed by atoms with E-state index in [1.807, 2.05) is 0 Å². The number of unbranched alkanes of at least 4 members (excludes halogenated alkanes) is 6. The number of hydrogen-bond donors (Lipinski definition) is 0. The van der Waals surface area contributed by atoms with E-state index in [2.05, 4.69) is 46.4 Å². The molecule has 2 fully saturated rings. The molecule has 0 aromatic carbocycles. The molecular formula is C44H79NO9. The van der Waals surface area contributed by atoms with Crippen LogP contribution in [0, 0.1) is 35.0 Å². The van der Waals surface area contributed by atoms with E-state index in [-0.39, 0.29) is 56.2 Å². The fourth-order valence-corrected chi connectivity index (χ4v) is 8.76. The average Bonchev–Trinajstić information content (AvgIpc) is 3.12. The van der Waals surface area contributed by atoms with Crippen molar-refractivity contribution in [3.8, 4) is 0 Å². The molecule has 10 heteroatoms. The minimum atomic E-state index is -0.783. The lowest BCUT2D eigenvalue weighted by atomic mass is 9.58. The van der Waals surface area contributed by atoms with Crippen LogP contribution in [0.1, 0.15) is 170 Å². The lowest BCUT2D eigenvalue weighted by Gasteiger charge is -2.47. The fourth-order valence-electron chi connectivity index (χ4n) is 8.76.